The molecule has 1 saturated carbocycles. The van der Waals surface area contributed by atoms with Crippen LogP contribution in [-0.2, 0) is 4.74 Å². The summed E-state index contributed by atoms with van der Waals surface area (Å²) >= 11 is 0. The summed E-state index contributed by atoms with van der Waals surface area (Å²) in [5.41, 5.74) is 1.96. The highest BCUT2D eigenvalue weighted by Crippen LogP contribution is 2.35. The summed E-state index contributed by atoms with van der Waals surface area (Å²) in [7, 11) is 0. The Bertz CT molecular complexity index is 467. The molecule has 3 heteroatoms. The zero-order valence-corrected chi connectivity index (χ0v) is 13.6. The van der Waals surface area contributed by atoms with Gasteiger partial charge in [0.15, 0.2) is 0 Å². The van der Waals surface area contributed by atoms with E-state index in [4.69, 9.17) is 4.74 Å². The molecule has 0 aliphatic heterocycles. The number of hydrogen-bond acceptors (Lipinski definition) is 2. The number of benzene rings is 1. The highest BCUT2D eigenvalue weighted by Gasteiger charge is 2.33. The van der Waals surface area contributed by atoms with Crippen molar-refractivity contribution in [1.82, 2.24) is 0 Å². The van der Waals surface area contributed by atoms with Gasteiger partial charge in [-0.25, -0.2) is 4.79 Å². The van der Waals surface area contributed by atoms with Gasteiger partial charge in [0, 0.05) is 5.69 Å². The number of ether oxygens (including phenoxy) is 1. The summed E-state index contributed by atoms with van der Waals surface area (Å²) < 4.78 is 5.72. The van der Waals surface area contributed by atoms with E-state index in [9.17, 15) is 4.79 Å². The van der Waals surface area contributed by atoms with Crippen molar-refractivity contribution in [2.75, 3.05) is 5.32 Å². The van der Waals surface area contributed by atoms with Crippen LogP contribution in [0.25, 0.3) is 0 Å². The maximum Gasteiger partial charge on any atom is 0.411 e. The van der Waals surface area contributed by atoms with Gasteiger partial charge in [0.1, 0.15) is 6.10 Å². The summed E-state index contributed by atoms with van der Waals surface area (Å²) in [5, 5.41) is 2.83. The van der Waals surface area contributed by atoms with Gasteiger partial charge in [-0.15, -0.1) is 0 Å². The first-order chi connectivity index (χ1) is 9.95. The van der Waals surface area contributed by atoms with E-state index in [1.807, 2.05) is 31.2 Å². The van der Waals surface area contributed by atoms with Crippen LogP contribution in [0.5, 0.6) is 0 Å². The van der Waals surface area contributed by atoms with Crippen molar-refractivity contribution in [2.45, 2.75) is 53.1 Å². The van der Waals surface area contributed by atoms with Crippen molar-refractivity contribution >= 4 is 11.8 Å². The molecule has 0 heterocycles. The molecule has 1 unspecified atom stereocenters. The number of anilines is 1. The zero-order chi connectivity index (χ0) is 15.4. The Hall–Kier alpha value is -1.51. The molecular formula is C18H27NO2. The van der Waals surface area contributed by atoms with Gasteiger partial charge in [-0.1, -0.05) is 44.9 Å². The molecule has 3 atom stereocenters. The molecule has 3 nitrogen and oxygen atoms in total. The molecule has 116 valence electrons. The van der Waals surface area contributed by atoms with Crippen LogP contribution in [0.4, 0.5) is 10.5 Å². The molecule has 0 aromatic heterocycles. The quantitative estimate of drug-likeness (QED) is 0.850. The second-order valence-electron chi connectivity index (χ2n) is 6.76. The molecule has 0 bridgehead atoms. The monoisotopic (exact) mass is 289 g/mol. The largest absolute Gasteiger partial charge is 0.446 e. The summed E-state index contributed by atoms with van der Waals surface area (Å²) in [6, 6.07) is 7.77. The van der Waals surface area contributed by atoms with Gasteiger partial charge in [0.2, 0.25) is 0 Å². The third kappa shape index (κ3) is 4.48. The van der Waals surface area contributed by atoms with Crippen LogP contribution in [0.1, 0.15) is 45.6 Å². The fraction of sp³-hybridized carbons (Fsp3) is 0.611. The van der Waals surface area contributed by atoms with E-state index in [1.54, 1.807) is 0 Å². The molecule has 1 N–H and O–H groups in total. The maximum atomic E-state index is 12.1. The van der Waals surface area contributed by atoms with Gasteiger partial charge in [0.25, 0.3) is 0 Å². The molecule has 0 spiro atoms. The molecule has 2 rings (SSSR count). The molecule has 1 fully saturated rings. The smallest absolute Gasteiger partial charge is 0.411 e. The normalized spacial score (nSPS) is 25.7. The van der Waals surface area contributed by atoms with Crippen LogP contribution < -0.4 is 5.32 Å². The van der Waals surface area contributed by atoms with Gasteiger partial charge in [-0.05, 0) is 49.7 Å². The minimum Gasteiger partial charge on any atom is -0.446 e. The number of nitrogens with one attached hydrogen (secondary N) is 1. The van der Waals surface area contributed by atoms with E-state index >= 15 is 0 Å². The summed E-state index contributed by atoms with van der Waals surface area (Å²) in [4.78, 5) is 12.1. The first-order valence-corrected chi connectivity index (χ1v) is 8.00. The number of carbonyl (C=O) groups excluding carboxylic acids is 1. The molecule has 1 aromatic carbocycles. The maximum absolute atomic E-state index is 12.1. The Kier molecular flexibility index (Phi) is 5.27. The summed E-state index contributed by atoms with van der Waals surface area (Å²) in [6.07, 6.45) is 3.08. The molecule has 0 radical (unpaired) electrons. The minimum atomic E-state index is -0.330. The molecular weight excluding hydrogens is 262 g/mol. The van der Waals surface area contributed by atoms with Crippen LogP contribution in [0, 0.1) is 24.7 Å². The van der Waals surface area contributed by atoms with Gasteiger partial charge in [-0.2, -0.15) is 0 Å². The van der Waals surface area contributed by atoms with Crippen LogP contribution in [0.15, 0.2) is 24.3 Å². The van der Waals surface area contributed by atoms with Gasteiger partial charge >= 0.3 is 6.09 Å². The lowest BCUT2D eigenvalue weighted by Gasteiger charge is -2.36. The van der Waals surface area contributed by atoms with E-state index < -0.39 is 0 Å². The highest BCUT2D eigenvalue weighted by atomic mass is 16.6. The van der Waals surface area contributed by atoms with Gasteiger partial charge < -0.3 is 4.74 Å². The molecule has 21 heavy (non-hydrogen) atoms. The molecule has 1 amide bonds. The molecule has 1 aliphatic rings. The number of amides is 1. The lowest BCUT2D eigenvalue weighted by Crippen LogP contribution is -2.36. The Morgan fingerprint density at radius 1 is 1.24 bits per heavy atom. The molecule has 1 aliphatic carbocycles. The predicted octanol–water partition coefficient (Wildman–Crippen LogP) is 5.00. The Labute approximate surface area is 128 Å². The Morgan fingerprint density at radius 3 is 2.52 bits per heavy atom. The third-order valence-electron chi connectivity index (χ3n) is 4.52. The first kappa shape index (κ1) is 15.9. The Morgan fingerprint density at radius 2 is 1.90 bits per heavy atom. The van der Waals surface area contributed by atoms with Crippen LogP contribution in [0.2, 0.25) is 0 Å². The average molecular weight is 289 g/mol. The fourth-order valence-electron chi connectivity index (χ4n) is 3.17. The highest BCUT2D eigenvalue weighted by molar-refractivity contribution is 5.84. The van der Waals surface area contributed by atoms with Crippen molar-refractivity contribution in [3.63, 3.8) is 0 Å². The van der Waals surface area contributed by atoms with Crippen molar-refractivity contribution in [3.05, 3.63) is 29.8 Å². The number of rotatable bonds is 3. The van der Waals surface area contributed by atoms with Crippen molar-refractivity contribution < 1.29 is 9.53 Å². The summed E-state index contributed by atoms with van der Waals surface area (Å²) in [6.45, 7) is 8.70. The number of hydrogen-bond donors (Lipinski definition) is 1. The van der Waals surface area contributed by atoms with E-state index in [0.29, 0.717) is 17.8 Å². The number of carbonyl (C=O) groups is 1. The first-order valence-electron chi connectivity index (χ1n) is 8.00. The number of aryl methyl sites for hydroxylation is 1. The SMILES string of the molecule is Cc1ccc(NC(=O)O[C@H]2C[C@H](C)CCC2C(C)C)cc1. The van der Waals surface area contributed by atoms with Crippen molar-refractivity contribution in [2.24, 2.45) is 17.8 Å². The van der Waals surface area contributed by atoms with Gasteiger partial charge in [0.05, 0.1) is 0 Å². The van der Waals surface area contributed by atoms with E-state index in [-0.39, 0.29) is 12.2 Å². The molecule has 0 saturated heterocycles. The van der Waals surface area contributed by atoms with Crippen LogP contribution in [-0.4, -0.2) is 12.2 Å². The lowest BCUT2D eigenvalue weighted by molar-refractivity contribution is 0.0126. The van der Waals surface area contributed by atoms with Crippen molar-refractivity contribution in [3.8, 4) is 0 Å². The Balaban J connectivity index is 1.94. The molecule has 1 aromatic rings. The van der Waals surface area contributed by atoms with E-state index in [0.717, 1.165) is 18.5 Å². The predicted molar refractivity (Wildman–Crippen MR) is 86.4 cm³/mol. The van der Waals surface area contributed by atoms with E-state index in [2.05, 4.69) is 26.1 Å². The average Bonchev–Trinajstić information content (AvgIpc) is 2.41. The topological polar surface area (TPSA) is 38.3 Å². The zero-order valence-electron chi connectivity index (χ0n) is 13.6. The fourth-order valence-corrected chi connectivity index (χ4v) is 3.17. The third-order valence-corrected chi connectivity index (χ3v) is 4.52. The lowest BCUT2D eigenvalue weighted by atomic mass is 9.75. The van der Waals surface area contributed by atoms with E-state index in [1.165, 1.54) is 12.0 Å². The van der Waals surface area contributed by atoms with Crippen molar-refractivity contribution in [1.29, 1.82) is 0 Å². The van der Waals surface area contributed by atoms with Crippen LogP contribution in [0.3, 0.4) is 0 Å². The standard InChI is InChI=1S/C18H27NO2/c1-12(2)16-10-7-14(4)11-17(16)21-18(20)19-15-8-5-13(3)6-9-15/h5-6,8-9,12,14,16-17H,7,10-11H2,1-4H3,(H,19,20)/t14-,16?,17+/m1/s1. The van der Waals surface area contributed by atoms with Gasteiger partial charge in [-0.3, -0.25) is 5.32 Å². The second kappa shape index (κ2) is 6.97. The summed E-state index contributed by atoms with van der Waals surface area (Å²) in [5.74, 6) is 1.66. The minimum absolute atomic E-state index is 0.0409. The second-order valence-corrected chi connectivity index (χ2v) is 6.76. The van der Waals surface area contributed by atoms with Crippen LogP contribution >= 0.6 is 0 Å².